The van der Waals surface area contributed by atoms with Gasteiger partial charge in [0.25, 0.3) is 0 Å². The first kappa shape index (κ1) is 16.1. The fraction of sp³-hybridized carbons (Fsp3) is 0.190. The first-order chi connectivity index (χ1) is 11.6. The monoisotopic (exact) mass is 317 g/mol. The standard InChI is InChI=1S/C21H23N3/c1-16-14-18(17(2)24(16)21-8-6-5-7-9-21)15-22-19-10-12-20(13-11-19)23(3)4/h5-15H,1-4H3. The quantitative estimate of drug-likeness (QED) is 0.626. The Morgan fingerprint density at radius 1 is 0.917 bits per heavy atom. The van der Waals surface area contributed by atoms with Gasteiger partial charge in [0.1, 0.15) is 0 Å². The van der Waals surface area contributed by atoms with Gasteiger partial charge in [0.05, 0.1) is 5.69 Å². The van der Waals surface area contributed by atoms with Gasteiger partial charge in [-0.15, -0.1) is 0 Å². The van der Waals surface area contributed by atoms with E-state index in [4.69, 9.17) is 0 Å². The molecule has 0 bridgehead atoms. The van der Waals surface area contributed by atoms with Gasteiger partial charge >= 0.3 is 0 Å². The maximum absolute atomic E-state index is 4.63. The van der Waals surface area contributed by atoms with Gasteiger partial charge in [-0.2, -0.15) is 0 Å². The van der Waals surface area contributed by atoms with Crippen molar-refractivity contribution in [1.29, 1.82) is 0 Å². The van der Waals surface area contributed by atoms with Crippen LogP contribution in [0.25, 0.3) is 5.69 Å². The molecule has 3 aromatic rings. The molecule has 3 heteroatoms. The number of benzene rings is 2. The lowest BCUT2D eigenvalue weighted by Crippen LogP contribution is -2.07. The summed E-state index contributed by atoms with van der Waals surface area (Å²) < 4.78 is 2.26. The molecule has 2 aromatic carbocycles. The van der Waals surface area contributed by atoms with Gasteiger partial charge in [-0.3, -0.25) is 4.99 Å². The molecule has 1 aromatic heterocycles. The normalized spacial score (nSPS) is 11.2. The number of hydrogen-bond acceptors (Lipinski definition) is 2. The minimum Gasteiger partial charge on any atom is -0.378 e. The summed E-state index contributed by atoms with van der Waals surface area (Å²) in [4.78, 5) is 6.71. The molecule has 0 radical (unpaired) electrons. The molecule has 0 atom stereocenters. The molecule has 122 valence electrons. The highest BCUT2D eigenvalue weighted by Gasteiger charge is 2.08. The predicted molar refractivity (Wildman–Crippen MR) is 103 cm³/mol. The molecule has 24 heavy (non-hydrogen) atoms. The van der Waals surface area contributed by atoms with Crippen LogP contribution in [0.4, 0.5) is 11.4 Å². The van der Waals surface area contributed by atoms with Gasteiger partial charge in [-0.1, -0.05) is 18.2 Å². The van der Waals surface area contributed by atoms with Crippen molar-refractivity contribution in [2.45, 2.75) is 13.8 Å². The summed E-state index contributed by atoms with van der Waals surface area (Å²) in [7, 11) is 4.08. The van der Waals surface area contributed by atoms with Crippen LogP contribution in [0.1, 0.15) is 17.0 Å². The first-order valence-corrected chi connectivity index (χ1v) is 8.12. The van der Waals surface area contributed by atoms with Gasteiger partial charge in [0.2, 0.25) is 0 Å². The lowest BCUT2D eigenvalue weighted by molar-refractivity contribution is 0.965. The minimum atomic E-state index is 0.963. The average molecular weight is 317 g/mol. The summed E-state index contributed by atoms with van der Waals surface area (Å²) in [6.07, 6.45) is 1.95. The number of para-hydroxylation sites is 1. The third kappa shape index (κ3) is 3.25. The van der Waals surface area contributed by atoms with Crippen LogP contribution in [0.5, 0.6) is 0 Å². The zero-order valence-electron chi connectivity index (χ0n) is 14.7. The van der Waals surface area contributed by atoms with Gasteiger partial charge in [0, 0.05) is 48.6 Å². The van der Waals surface area contributed by atoms with E-state index in [0.29, 0.717) is 0 Å². The van der Waals surface area contributed by atoms with Crippen molar-refractivity contribution in [2.75, 3.05) is 19.0 Å². The van der Waals surface area contributed by atoms with Gasteiger partial charge in [-0.25, -0.2) is 0 Å². The van der Waals surface area contributed by atoms with Crippen LogP contribution < -0.4 is 4.90 Å². The van der Waals surface area contributed by atoms with Gasteiger partial charge in [0.15, 0.2) is 0 Å². The summed E-state index contributed by atoms with van der Waals surface area (Å²) in [5.41, 5.74) is 6.88. The van der Waals surface area contributed by atoms with E-state index in [0.717, 1.165) is 11.3 Å². The van der Waals surface area contributed by atoms with E-state index in [1.54, 1.807) is 0 Å². The molecule has 0 saturated heterocycles. The van der Waals surface area contributed by atoms with E-state index < -0.39 is 0 Å². The third-order valence-electron chi connectivity index (χ3n) is 4.20. The molecule has 0 aliphatic carbocycles. The minimum absolute atomic E-state index is 0.963. The number of aromatic nitrogens is 1. The van der Waals surface area contributed by atoms with E-state index in [1.807, 2.05) is 38.5 Å². The zero-order valence-corrected chi connectivity index (χ0v) is 14.7. The number of rotatable bonds is 4. The first-order valence-electron chi connectivity index (χ1n) is 8.12. The van der Waals surface area contributed by atoms with Crippen molar-refractivity contribution in [3.05, 3.63) is 77.6 Å². The predicted octanol–water partition coefficient (Wildman–Crippen LogP) is 4.91. The van der Waals surface area contributed by atoms with Crippen molar-refractivity contribution in [3.63, 3.8) is 0 Å². The van der Waals surface area contributed by atoms with Gasteiger partial charge < -0.3 is 9.47 Å². The average Bonchev–Trinajstić information content (AvgIpc) is 2.88. The third-order valence-corrected chi connectivity index (χ3v) is 4.20. The van der Waals surface area contributed by atoms with Crippen LogP contribution in [0, 0.1) is 13.8 Å². The van der Waals surface area contributed by atoms with Crippen LogP contribution >= 0.6 is 0 Å². The Hall–Kier alpha value is -2.81. The number of anilines is 1. The highest BCUT2D eigenvalue weighted by Crippen LogP contribution is 2.21. The number of aryl methyl sites for hydroxylation is 1. The lowest BCUT2D eigenvalue weighted by Gasteiger charge is -2.11. The summed E-state index contributed by atoms with van der Waals surface area (Å²) >= 11 is 0. The van der Waals surface area contributed by atoms with Crippen LogP contribution in [-0.4, -0.2) is 24.9 Å². The van der Waals surface area contributed by atoms with Crippen LogP contribution in [-0.2, 0) is 0 Å². The molecule has 0 aliphatic heterocycles. The SMILES string of the molecule is Cc1cc(C=Nc2ccc(N(C)C)cc2)c(C)n1-c1ccccc1. The highest BCUT2D eigenvalue weighted by atomic mass is 15.1. The fourth-order valence-corrected chi connectivity index (χ4v) is 2.87. The summed E-state index contributed by atoms with van der Waals surface area (Å²) in [5.74, 6) is 0. The molecule has 0 fully saturated rings. The highest BCUT2D eigenvalue weighted by molar-refractivity contribution is 5.84. The van der Waals surface area contributed by atoms with Crippen molar-refractivity contribution in [1.82, 2.24) is 4.57 Å². The molecule has 0 N–H and O–H groups in total. The molecule has 1 heterocycles. The Labute approximate surface area is 143 Å². The topological polar surface area (TPSA) is 20.5 Å². The molecule has 3 rings (SSSR count). The van der Waals surface area contributed by atoms with Gasteiger partial charge in [-0.05, 0) is 56.3 Å². The molecule has 0 unspecified atom stereocenters. The molecule has 0 amide bonds. The Morgan fingerprint density at radius 3 is 2.21 bits per heavy atom. The second kappa shape index (κ2) is 6.75. The smallest absolute Gasteiger partial charge is 0.0631 e. The van der Waals surface area contributed by atoms with E-state index in [-0.39, 0.29) is 0 Å². The summed E-state index contributed by atoms with van der Waals surface area (Å²) in [6.45, 7) is 4.26. The van der Waals surface area contributed by atoms with Crippen LogP contribution in [0.2, 0.25) is 0 Å². The maximum Gasteiger partial charge on any atom is 0.0631 e. The Kier molecular flexibility index (Phi) is 4.52. The molecule has 3 nitrogen and oxygen atoms in total. The van der Waals surface area contributed by atoms with Crippen molar-refractivity contribution in [2.24, 2.45) is 4.99 Å². The number of aliphatic imine (C=N–C) groups is 1. The maximum atomic E-state index is 4.63. The van der Waals surface area contributed by atoms with Crippen molar-refractivity contribution >= 4 is 17.6 Å². The Balaban J connectivity index is 1.88. The Bertz CT molecular complexity index is 841. The van der Waals surface area contributed by atoms with Crippen LogP contribution in [0.3, 0.4) is 0 Å². The summed E-state index contributed by atoms with van der Waals surface area (Å²) in [6, 6.07) is 20.9. The van der Waals surface area contributed by atoms with E-state index >= 15 is 0 Å². The molecular formula is C21H23N3. The summed E-state index contributed by atoms with van der Waals surface area (Å²) in [5, 5.41) is 0. The Morgan fingerprint density at radius 2 is 1.58 bits per heavy atom. The molecule has 0 saturated carbocycles. The molecule has 0 spiro atoms. The van der Waals surface area contributed by atoms with E-state index in [9.17, 15) is 0 Å². The fourth-order valence-electron chi connectivity index (χ4n) is 2.87. The lowest BCUT2D eigenvalue weighted by atomic mass is 10.2. The van der Waals surface area contributed by atoms with Crippen molar-refractivity contribution < 1.29 is 0 Å². The number of hydrogen-bond donors (Lipinski definition) is 0. The van der Waals surface area contributed by atoms with E-state index in [2.05, 4.69) is 70.8 Å². The van der Waals surface area contributed by atoms with Crippen molar-refractivity contribution in [3.8, 4) is 5.69 Å². The zero-order chi connectivity index (χ0) is 17.1. The molecular weight excluding hydrogens is 294 g/mol. The van der Waals surface area contributed by atoms with Crippen LogP contribution in [0.15, 0.2) is 65.7 Å². The second-order valence-corrected chi connectivity index (χ2v) is 6.17. The largest absolute Gasteiger partial charge is 0.378 e. The molecule has 0 aliphatic rings. The number of nitrogens with zero attached hydrogens (tertiary/aromatic N) is 3. The van der Waals surface area contributed by atoms with E-state index in [1.165, 1.54) is 22.8 Å². The second-order valence-electron chi connectivity index (χ2n) is 6.17.